The summed E-state index contributed by atoms with van der Waals surface area (Å²) in [6.07, 6.45) is 1.76. The minimum atomic E-state index is -0.252. The molecule has 1 heterocycles. The maximum Gasteiger partial charge on any atom is 0.115 e. The standard InChI is InChI=1S/C14H18N2O2/c1-14-5-6-16(2)12(13(14)15-18)7-9-3-4-10(17)8-11(9)14/h3-4,8,12,17-18H,5-7H2,1-2H3/b15-13-. The van der Waals surface area contributed by atoms with Gasteiger partial charge in [-0.05, 0) is 56.6 Å². The fourth-order valence-corrected chi connectivity index (χ4v) is 3.43. The molecule has 18 heavy (non-hydrogen) atoms. The number of aromatic hydroxyl groups is 1. The Hall–Kier alpha value is -1.55. The summed E-state index contributed by atoms with van der Waals surface area (Å²) in [6.45, 7) is 3.09. The van der Waals surface area contributed by atoms with Gasteiger partial charge in [0.05, 0.1) is 11.8 Å². The molecule has 2 unspecified atom stereocenters. The molecular weight excluding hydrogens is 228 g/mol. The maximum atomic E-state index is 9.70. The van der Waals surface area contributed by atoms with Gasteiger partial charge in [-0.2, -0.15) is 0 Å². The molecule has 0 radical (unpaired) electrons. The van der Waals surface area contributed by atoms with E-state index in [0.717, 1.165) is 30.7 Å². The van der Waals surface area contributed by atoms with Crippen molar-refractivity contribution < 1.29 is 10.3 Å². The second-order valence-electron chi connectivity index (χ2n) is 5.61. The van der Waals surface area contributed by atoms with Gasteiger partial charge in [-0.3, -0.25) is 4.90 Å². The van der Waals surface area contributed by atoms with Gasteiger partial charge in [0.2, 0.25) is 0 Å². The summed E-state index contributed by atoms with van der Waals surface area (Å²) < 4.78 is 0. The molecule has 0 saturated carbocycles. The van der Waals surface area contributed by atoms with Crippen LogP contribution in [-0.4, -0.2) is 40.6 Å². The molecule has 1 aromatic rings. The van der Waals surface area contributed by atoms with E-state index in [1.807, 2.05) is 12.1 Å². The number of phenolic OH excluding ortho intramolecular Hbond substituents is 1. The molecule has 2 atom stereocenters. The molecular formula is C14H18N2O2. The summed E-state index contributed by atoms with van der Waals surface area (Å²) in [6, 6.07) is 5.72. The Bertz CT molecular complexity index is 527. The van der Waals surface area contributed by atoms with Gasteiger partial charge in [0.25, 0.3) is 0 Å². The van der Waals surface area contributed by atoms with E-state index in [4.69, 9.17) is 0 Å². The molecule has 2 N–H and O–H groups in total. The Balaban J connectivity index is 2.22. The van der Waals surface area contributed by atoms with Crippen LogP contribution in [0.3, 0.4) is 0 Å². The van der Waals surface area contributed by atoms with Crippen molar-refractivity contribution in [3.05, 3.63) is 29.3 Å². The minimum absolute atomic E-state index is 0.172. The summed E-state index contributed by atoms with van der Waals surface area (Å²) >= 11 is 0. The van der Waals surface area contributed by atoms with Gasteiger partial charge < -0.3 is 10.3 Å². The Kier molecular flexibility index (Phi) is 2.38. The molecule has 4 nitrogen and oxygen atoms in total. The van der Waals surface area contributed by atoms with Crippen molar-refractivity contribution in [3.63, 3.8) is 0 Å². The van der Waals surface area contributed by atoms with Crippen molar-refractivity contribution in [1.29, 1.82) is 0 Å². The number of piperidine rings is 1. The molecule has 3 rings (SSSR count). The third-order valence-corrected chi connectivity index (χ3v) is 4.59. The number of hydrogen-bond acceptors (Lipinski definition) is 4. The van der Waals surface area contributed by atoms with Gasteiger partial charge in [0, 0.05) is 5.41 Å². The molecule has 1 fully saturated rings. The fourth-order valence-electron chi connectivity index (χ4n) is 3.43. The number of likely N-dealkylation sites (N-methyl/N-ethyl adjacent to an activating group) is 1. The van der Waals surface area contributed by atoms with Crippen molar-refractivity contribution in [2.45, 2.75) is 31.2 Å². The Labute approximate surface area is 107 Å². The van der Waals surface area contributed by atoms with Crippen LogP contribution in [0.5, 0.6) is 5.75 Å². The molecule has 2 bridgehead atoms. The first-order valence-corrected chi connectivity index (χ1v) is 6.31. The summed E-state index contributed by atoms with van der Waals surface area (Å²) in [5, 5.41) is 22.6. The SMILES string of the molecule is CN1CCC2(C)/C(=N\O)C1Cc1ccc(O)cc12. The molecule has 1 aliphatic heterocycles. The molecule has 4 heteroatoms. The first-order valence-electron chi connectivity index (χ1n) is 6.31. The third kappa shape index (κ3) is 1.38. The fraction of sp³-hybridized carbons (Fsp3) is 0.500. The van der Waals surface area contributed by atoms with Crippen molar-refractivity contribution in [1.82, 2.24) is 4.90 Å². The van der Waals surface area contributed by atoms with Gasteiger partial charge in [0.15, 0.2) is 0 Å². The Morgan fingerprint density at radius 3 is 2.94 bits per heavy atom. The highest BCUT2D eigenvalue weighted by Crippen LogP contribution is 2.43. The summed E-state index contributed by atoms with van der Waals surface area (Å²) in [7, 11) is 2.07. The van der Waals surface area contributed by atoms with Gasteiger partial charge in [0.1, 0.15) is 5.75 Å². The monoisotopic (exact) mass is 246 g/mol. The van der Waals surface area contributed by atoms with Crippen LogP contribution in [-0.2, 0) is 11.8 Å². The Morgan fingerprint density at radius 1 is 1.44 bits per heavy atom. The average Bonchev–Trinajstić information content (AvgIpc) is 2.35. The van der Waals surface area contributed by atoms with Gasteiger partial charge in [-0.25, -0.2) is 0 Å². The molecule has 1 saturated heterocycles. The predicted molar refractivity (Wildman–Crippen MR) is 69.4 cm³/mol. The van der Waals surface area contributed by atoms with Crippen LogP contribution in [0.15, 0.2) is 23.4 Å². The van der Waals surface area contributed by atoms with E-state index in [-0.39, 0.29) is 17.2 Å². The van der Waals surface area contributed by atoms with E-state index in [0.29, 0.717) is 0 Å². The molecule has 1 aromatic carbocycles. The van der Waals surface area contributed by atoms with Crippen molar-refractivity contribution in [3.8, 4) is 5.75 Å². The zero-order valence-electron chi connectivity index (χ0n) is 10.7. The normalized spacial score (nSPS) is 33.4. The molecule has 0 amide bonds. The van der Waals surface area contributed by atoms with Crippen LogP contribution < -0.4 is 0 Å². The van der Waals surface area contributed by atoms with Gasteiger partial charge in [-0.1, -0.05) is 11.2 Å². The lowest BCUT2D eigenvalue weighted by atomic mass is 9.63. The quantitative estimate of drug-likeness (QED) is 0.541. The van der Waals surface area contributed by atoms with Crippen LogP contribution in [0.4, 0.5) is 0 Å². The predicted octanol–water partition coefficient (Wildman–Crippen LogP) is 1.74. The van der Waals surface area contributed by atoms with Crippen molar-refractivity contribution in [2.24, 2.45) is 5.16 Å². The lowest BCUT2D eigenvalue weighted by molar-refractivity contribution is 0.209. The zero-order chi connectivity index (χ0) is 12.9. The topological polar surface area (TPSA) is 56.1 Å². The van der Waals surface area contributed by atoms with E-state index in [9.17, 15) is 10.3 Å². The minimum Gasteiger partial charge on any atom is -0.508 e. The van der Waals surface area contributed by atoms with E-state index in [2.05, 4.69) is 24.0 Å². The highest BCUT2D eigenvalue weighted by molar-refractivity contribution is 6.01. The lowest BCUT2D eigenvalue weighted by Gasteiger charge is -2.48. The van der Waals surface area contributed by atoms with Gasteiger partial charge in [-0.15, -0.1) is 0 Å². The smallest absolute Gasteiger partial charge is 0.115 e. The van der Waals surface area contributed by atoms with Crippen molar-refractivity contribution in [2.75, 3.05) is 13.6 Å². The van der Waals surface area contributed by atoms with Crippen LogP contribution in [0, 0.1) is 0 Å². The highest BCUT2D eigenvalue weighted by Gasteiger charge is 2.47. The number of phenols is 1. The van der Waals surface area contributed by atoms with Crippen molar-refractivity contribution >= 4 is 5.71 Å². The second kappa shape index (κ2) is 3.72. The third-order valence-electron chi connectivity index (χ3n) is 4.59. The van der Waals surface area contributed by atoms with E-state index < -0.39 is 0 Å². The van der Waals surface area contributed by atoms with E-state index in [1.54, 1.807) is 6.07 Å². The molecule has 96 valence electrons. The van der Waals surface area contributed by atoms with Gasteiger partial charge >= 0.3 is 0 Å². The molecule has 2 aliphatic rings. The highest BCUT2D eigenvalue weighted by atomic mass is 16.4. The van der Waals surface area contributed by atoms with Crippen LogP contribution in [0.25, 0.3) is 0 Å². The maximum absolute atomic E-state index is 9.70. The second-order valence-corrected chi connectivity index (χ2v) is 5.61. The van der Waals surface area contributed by atoms with Crippen LogP contribution in [0.2, 0.25) is 0 Å². The summed E-state index contributed by atoms with van der Waals surface area (Å²) in [5.41, 5.74) is 2.94. The molecule has 0 spiro atoms. The Morgan fingerprint density at radius 2 is 2.22 bits per heavy atom. The number of likely N-dealkylation sites (tertiary alicyclic amines) is 1. The largest absolute Gasteiger partial charge is 0.508 e. The first kappa shape index (κ1) is 11.5. The van der Waals surface area contributed by atoms with Crippen LogP contribution in [0.1, 0.15) is 24.5 Å². The van der Waals surface area contributed by atoms with E-state index >= 15 is 0 Å². The number of benzene rings is 1. The average molecular weight is 246 g/mol. The number of rotatable bonds is 0. The lowest BCUT2D eigenvalue weighted by Crippen LogP contribution is -2.58. The molecule has 0 aromatic heterocycles. The molecule has 1 aliphatic carbocycles. The van der Waals surface area contributed by atoms with E-state index in [1.165, 1.54) is 5.56 Å². The number of hydrogen-bond donors (Lipinski definition) is 2. The summed E-state index contributed by atoms with van der Waals surface area (Å²) in [5.74, 6) is 0.282. The first-order chi connectivity index (χ1) is 8.56. The number of fused-ring (bicyclic) bond motifs is 4. The summed E-state index contributed by atoms with van der Waals surface area (Å²) in [4.78, 5) is 2.24. The number of nitrogens with zero attached hydrogens (tertiary/aromatic N) is 2. The zero-order valence-corrected chi connectivity index (χ0v) is 10.7. The van der Waals surface area contributed by atoms with Crippen LogP contribution >= 0.6 is 0 Å². The number of oxime groups is 1.